The van der Waals surface area contributed by atoms with Gasteiger partial charge in [0.15, 0.2) is 0 Å². The van der Waals surface area contributed by atoms with Crippen LogP contribution < -0.4 is 9.62 Å². The molecular weight excluding hydrogens is 426 g/mol. The lowest BCUT2D eigenvalue weighted by Gasteiger charge is -2.30. The molecular formula is C24H33N3O4S. The Morgan fingerprint density at radius 3 is 2.09 bits per heavy atom. The van der Waals surface area contributed by atoms with Gasteiger partial charge >= 0.3 is 0 Å². The maximum atomic E-state index is 13.1. The molecule has 0 fully saturated rings. The van der Waals surface area contributed by atoms with Crippen LogP contribution in [0.15, 0.2) is 60.7 Å². The second-order valence-corrected chi connectivity index (χ2v) is 9.54. The number of nitrogens with zero attached hydrogens (tertiary/aromatic N) is 2. The fraction of sp³-hybridized carbons (Fsp3) is 0.417. The van der Waals surface area contributed by atoms with Gasteiger partial charge in [0.1, 0.15) is 6.04 Å². The second-order valence-electron chi connectivity index (χ2n) is 7.64. The number of amides is 2. The van der Waals surface area contributed by atoms with E-state index in [4.69, 9.17) is 0 Å². The molecule has 0 unspecified atom stereocenters. The summed E-state index contributed by atoms with van der Waals surface area (Å²) in [5, 5.41) is 2.64. The Balaban J connectivity index is 2.09. The number of hydrogen-bond acceptors (Lipinski definition) is 4. The minimum Gasteiger partial charge on any atom is -0.357 e. The standard InChI is InChI=1S/C24H33N3O4S/c1-4-22(24(29)25-2)26(19-17-20-12-7-5-8-13-20)23(28)16-11-18-27(32(3,30)31)21-14-9-6-10-15-21/h5-10,12-15,22H,4,11,16-19H2,1-3H3,(H,25,29)/t22-/m0/s1. The Bertz CT molecular complexity index is 965. The SMILES string of the molecule is CC[C@@H](C(=O)NC)N(CCc1ccccc1)C(=O)CCCN(c1ccccc1)S(C)(=O)=O. The van der Waals surface area contributed by atoms with Gasteiger partial charge in [-0.3, -0.25) is 13.9 Å². The van der Waals surface area contributed by atoms with E-state index in [9.17, 15) is 18.0 Å². The maximum Gasteiger partial charge on any atom is 0.242 e. The van der Waals surface area contributed by atoms with Crippen molar-refractivity contribution in [1.82, 2.24) is 10.2 Å². The molecule has 0 saturated carbocycles. The van der Waals surface area contributed by atoms with Gasteiger partial charge in [-0.2, -0.15) is 0 Å². The van der Waals surface area contributed by atoms with Crippen LogP contribution in [0.2, 0.25) is 0 Å². The van der Waals surface area contributed by atoms with E-state index in [2.05, 4.69) is 5.32 Å². The molecule has 174 valence electrons. The molecule has 0 bridgehead atoms. The minimum atomic E-state index is -3.48. The van der Waals surface area contributed by atoms with Crippen LogP contribution in [-0.4, -0.2) is 57.6 Å². The van der Waals surface area contributed by atoms with E-state index in [-0.39, 0.29) is 24.8 Å². The van der Waals surface area contributed by atoms with Crippen LogP contribution in [-0.2, 0) is 26.0 Å². The van der Waals surface area contributed by atoms with Gasteiger partial charge in [-0.1, -0.05) is 55.5 Å². The second kappa shape index (κ2) is 12.2. The molecule has 0 radical (unpaired) electrons. The normalized spacial score (nSPS) is 12.1. The van der Waals surface area contributed by atoms with Gasteiger partial charge in [0.05, 0.1) is 11.9 Å². The lowest BCUT2D eigenvalue weighted by Crippen LogP contribution is -2.49. The van der Waals surface area contributed by atoms with Crippen LogP contribution in [0.1, 0.15) is 31.7 Å². The van der Waals surface area contributed by atoms with Gasteiger partial charge < -0.3 is 10.2 Å². The number of anilines is 1. The summed E-state index contributed by atoms with van der Waals surface area (Å²) in [6.07, 6.45) is 2.81. The van der Waals surface area contributed by atoms with E-state index in [0.29, 0.717) is 31.5 Å². The molecule has 2 aromatic carbocycles. The first-order valence-corrected chi connectivity index (χ1v) is 12.7. The maximum absolute atomic E-state index is 13.1. The Hall–Kier alpha value is -2.87. The summed E-state index contributed by atoms with van der Waals surface area (Å²) in [7, 11) is -1.91. The predicted molar refractivity (Wildman–Crippen MR) is 128 cm³/mol. The number of para-hydroxylation sites is 1. The van der Waals surface area contributed by atoms with Gasteiger partial charge in [-0.15, -0.1) is 0 Å². The van der Waals surface area contributed by atoms with Crippen LogP contribution >= 0.6 is 0 Å². The van der Waals surface area contributed by atoms with Crippen LogP contribution in [0.5, 0.6) is 0 Å². The van der Waals surface area contributed by atoms with E-state index in [1.54, 1.807) is 36.2 Å². The van der Waals surface area contributed by atoms with Crippen molar-refractivity contribution in [3.05, 3.63) is 66.2 Å². The zero-order chi connectivity index (χ0) is 23.6. The fourth-order valence-electron chi connectivity index (χ4n) is 3.66. The van der Waals surface area contributed by atoms with Crippen molar-refractivity contribution in [2.75, 3.05) is 30.7 Å². The summed E-state index contributed by atoms with van der Waals surface area (Å²) in [5.74, 6) is -0.353. The highest BCUT2D eigenvalue weighted by Crippen LogP contribution is 2.18. The molecule has 8 heteroatoms. The van der Waals surface area contributed by atoms with Gasteiger partial charge in [0, 0.05) is 26.6 Å². The first-order chi connectivity index (χ1) is 15.3. The lowest BCUT2D eigenvalue weighted by atomic mass is 10.1. The van der Waals surface area contributed by atoms with Crippen LogP contribution in [0.3, 0.4) is 0 Å². The highest BCUT2D eigenvalue weighted by Gasteiger charge is 2.27. The monoisotopic (exact) mass is 459 g/mol. The molecule has 0 saturated heterocycles. The number of carbonyl (C=O) groups is 2. The van der Waals surface area contributed by atoms with Crippen LogP contribution in [0.4, 0.5) is 5.69 Å². The van der Waals surface area contributed by atoms with E-state index in [1.807, 2.05) is 43.3 Å². The van der Waals surface area contributed by atoms with Crippen molar-refractivity contribution in [2.24, 2.45) is 0 Å². The molecule has 0 heterocycles. The molecule has 0 aliphatic carbocycles. The first-order valence-electron chi connectivity index (χ1n) is 10.9. The number of nitrogens with one attached hydrogen (secondary N) is 1. The summed E-state index contributed by atoms with van der Waals surface area (Å²) < 4.78 is 25.8. The number of sulfonamides is 1. The summed E-state index contributed by atoms with van der Waals surface area (Å²) >= 11 is 0. The highest BCUT2D eigenvalue weighted by molar-refractivity contribution is 7.92. The predicted octanol–water partition coefficient (Wildman–Crippen LogP) is 2.83. The molecule has 0 aromatic heterocycles. The highest BCUT2D eigenvalue weighted by atomic mass is 32.2. The Labute approximate surface area is 191 Å². The van der Waals surface area contributed by atoms with E-state index in [1.165, 1.54) is 4.31 Å². The first kappa shape index (κ1) is 25.4. The molecule has 32 heavy (non-hydrogen) atoms. The summed E-state index contributed by atoms with van der Waals surface area (Å²) in [6.45, 7) is 2.49. The lowest BCUT2D eigenvalue weighted by molar-refractivity contribution is -0.140. The Morgan fingerprint density at radius 1 is 0.969 bits per heavy atom. The van der Waals surface area contributed by atoms with Crippen molar-refractivity contribution in [3.63, 3.8) is 0 Å². The van der Waals surface area contributed by atoms with Crippen molar-refractivity contribution >= 4 is 27.5 Å². The minimum absolute atomic E-state index is 0.154. The molecule has 0 aliphatic heterocycles. The molecule has 1 atom stereocenters. The topological polar surface area (TPSA) is 86.8 Å². The summed E-state index contributed by atoms with van der Waals surface area (Å²) in [5.41, 5.74) is 1.66. The van der Waals surface area contributed by atoms with Crippen molar-refractivity contribution in [3.8, 4) is 0 Å². The smallest absolute Gasteiger partial charge is 0.242 e. The van der Waals surface area contributed by atoms with E-state index in [0.717, 1.165) is 11.8 Å². The van der Waals surface area contributed by atoms with E-state index < -0.39 is 16.1 Å². The third-order valence-electron chi connectivity index (χ3n) is 5.31. The number of hydrogen-bond donors (Lipinski definition) is 1. The molecule has 0 aliphatic rings. The fourth-order valence-corrected chi connectivity index (χ4v) is 4.63. The Morgan fingerprint density at radius 2 is 1.56 bits per heavy atom. The van der Waals surface area contributed by atoms with E-state index >= 15 is 0 Å². The number of benzene rings is 2. The largest absolute Gasteiger partial charge is 0.357 e. The number of likely N-dealkylation sites (N-methyl/N-ethyl adjacent to an activating group) is 1. The Kier molecular flexibility index (Phi) is 9.71. The summed E-state index contributed by atoms with van der Waals surface area (Å²) in [4.78, 5) is 27.2. The van der Waals surface area contributed by atoms with Crippen LogP contribution in [0, 0.1) is 0 Å². The van der Waals surface area contributed by atoms with Crippen molar-refractivity contribution < 1.29 is 18.0 Å². The molecule has 2 amide bonds. The quantitative estimate of drug-likeness (QED) is 0.529. The van der Waals surface area contributed by atoms with Gasteiger partial charge in [0.2, 0.25) is 21.8 Å². The van der Waals surface area contributed by atoms with Gasteiger partial charge in [-0.05, 0) is 37.0 Å². The average Bonchev–Trinajstić information content (AvgIpc) is 2.79. The van der Waals surface area contributed by atoms with Gasteiger partial charge in [-0.25, -0.2) is 8.42 Å². The molecule has 1 N–H and O–H groups in total. The molecule has 2 rings (SSSR count). The number of rotatable bonds is 12. The average molecular weight is 460 g/mol. The van der Waals surface area contributed by atoms with Crippen LogP contribution in [0.25, 0.3) is 0 Å². The van der Waals surface area contributed by atoms with Gasteiger partial charge in [0.25, 0.3) is 0 Å². The number of carbonyl (C=O) groups excluding carboxylic acids is 2. The zero-order valence-corrected chi connectivity index (χ0v) is 19.8. The van der Waals surface area contributed by atoms with Crippen molar-refractivity contribution in [1.29, 1.82) is 0 Å². The summed E-state index contributed by atoms with van der Waals surface area (Å²) in [6, 6.07) is 18.1. The molecule has 7 nitrogen and oxygen atoms in total. The molecule has 0 spiro atoms. The molecule has 2 aromatic rings. The third-order valence-corrected chi connectivity index (χ3v) is 6.51. The zero-order valence-electron chi connectivity index (χ0n) is 19.0. The third kappa shape index (κ3) is 7.37. The van der Waals surface area contributed by atoms with Crippen molar-refractivity contribution in [2.45, 2.75) is 38.6 Å².